The van der Waals surface area contributed by atoms with E-state index in [1.807, 2.05) is 55.3 Å². The summed E-state index contributed by atoms with van der Waals surface area (Å²) in [6.07, 6.45) is 7.15. The Kier molecular flexibility index (Phi) is 5.29. The van der Waals surface area contributed by atoms with E-state index < -0.39 is 0 Å². The van der Waals surface area contributed by atoms with Crippen LogP contribution < -0.4 is 0 Å². The average molecular weight is 429 g/mol. The molecule has 1 fully saturated rings. The van der Waals surface area contributed by atoms with Gasteiger partial charge >= 0.3 is 0 Å². The molecule has 0 atom stereocenters. The van der Waals surface area contributed by atoms with Gasteiger partial charge in [0, 0.05) is 54.6 Å². The number of pyridine rings is 1. The summed E-state index contributed by atoms with van der Waals surface area (Å²) in [4.78, 5) is 19.5. The topological polar surface area (TPSA) is 64.2 Å². The van der Waals surface area contributed by atoms with Crippen LogP contribution in [0, 0.1) is 19.8 Å². The molecule has 0 saturated carbocycles. The summed E-state index contributed by atoms with van der Waals surface area (Å²) in [7, 11) is 2.05. The van der Waals surface area contributed by atoms with Crippen molar-refractivity contribution in [3.8, 4) is 11.1 Å². The number of likely N-dealkylation sites (tertiary alicyclic amines) is 1. The van der Waals surface area contributed by atoms with Crippen molar-refractivity contribution in [3.05, 3.63) is 71.4 Å². The van der Waals surface area contributed by atoms with Crippen molar-refractivity contribution in [2.24, 2.45) is 13.0 Å². The Hall–Kier alpha value is -3.41. The SMILES string of the molecule is Cc1noc(C)c1-c1cnc2c(c1)c(CC1CCN(C(=O)c3ccccc3)CC1)cn2C. The molecule has 0 bridgehead atoms. The number of piperidine rings is 1. The Morgan fingerprint density at radius 3 is 2.59 bits per heavy atom. The minimum atomic E-state index is 0.141. The summed E-state index contributed by atoms with van der Waals surface area (Å²) in [5.74, 6) is 1.52. The van der Waals surface area contributed by atoms with E-state index in [2.05, 4.69) is 29.0 Å². The third kappa shape index (κ3) is 3.70. The standard InChI is InChI=1S/C26H28N4O2/c1-17-24(18(2)32-28-17)21-14-23-22(16-29(3)25(23)27-15-21)13-19-9-11-30(12-10-19)26(31)20-7-5-4-6-8-20/h4-8,14-16,19H,9-13H2,1-3H3. The molecule has 0 spiro atoms. The molecule has 4 aromatic rings. The smallest absolute Gasteiger partial charge is 0.253 e. The van der Waals surface area contributed by atoms with Crippen LogP contribution in [0.1, 0.15) is 40.2 Å². The molecule has 0 radical (unpaired) electrons. The van der Waals surface area contributed by atoms with E-state index in [0.717, 1.165) is 66.1 Å². The van der Waals surface area contributed by atoms with Crippen molar-refractivity contribution >= 4 is 16.9 Å². The van der Waals surface area contributed by atoms with Crippen LogP contribution >= 0.6 is 0 Å². The number of benzene rings is 1. The summed E-state index contributed by atoms with van der Waals surface area (Å²) >= 11 is 0. The molecule has 6 heteroatoms. The molecule has 0 aliphatic carbocycles. The monoisotopic (exact) mass is 428 g/mol. The fourth-order valence-electron chi connectivity index (χ4n) is 4.95. The van der Waals surface area contributed by atoms with Crippen LogP contribution in [-0.2, 0) is 13.5 Å². The third-order valence-electron chi connectivity index (χ3n) is 6.65. The second kappa shape index (κ2) is 8.26. The predicted molar refractivity (Wildman–Crippen MR) is 124 cm³/mol. The number of rotatable bonds is 4. The first-order valence-corrected chi connectivity index (χ1v) is 11.2. The Bertz CT molecular complexity index is 1240. The van der Waals surface area contributed by atoms with Gasteiger partial charge in [-0.25, -0.2) is 4.98 Å². The van der Waals surface area contributed by atoms with E-state index in [0.29, 0.717) is 5.92 Å². The van der Waals surface area contributed by atoms with Crippen molar-refractivity contribution in [3.63, 3.8) is 0 Å². The number of aromatic nitrogens is 3. The number of carbonyl (C=O) groups excluding carboxylic acids is 1. The van der Waals surface area contributed by atoms with E-state index in [1.165, 1.54) is 10.9 Å². The Morgan fingerprint density at radius 2 is 1.91 bits per heavy atom. The van der Waals surface area contributed by atoms with Crippen LogP contribution in [0.4, 0.5) is 0 Å². The van der Waals surface area contributed by atoms with Crippen LogP contribution in [0.5, 0.6) is 0 Å². The van der Waals surface area contributed by atoms with E-state index in [-0.39, 0.29) is 5.91 Å². The highest BCUT2D eigenvalue weighted by Crippen LogP contribution is 2.32. The van der Waals surface area contributed by atoms with Gasteiger partial charge in [0.25, 0.3) is 5.91 Å². The van der Waals surface area contributed by atoms with Crippen molar-refractivity contribution in [1.82, 2.24) is 19.6 Å². The van der Waals surface area contributed by atoms with Crippen molar-refractivity contribution in [2.75, 3.05) is 13.1 Å². The molecule has 0 N–H and O–H groups in total. The lowest BCUT2D eigenvalue weighted by atomic mass is 9.89. The van der Waals surface area contributed by atoms with Crippen LogP contribution in [0.3, 0.4) is 0 Å². The second-order valence-corrected chi connectivity index (χ2v) is 8.87. The molecule has 164 valence electrons. The Balaban J connectivity index is 1.34. The number of nitrogens with zero attached hydrogens (tertiary/aromatic N) is 4. The van der Waals surface area contributed by atoms with Crippen LogP contribution in [0.15, 0.2) is 53.3 Å². The molecule has 3 aromatic heterocycles. The molecule has 4 heterocycles. The molecule has 0 unspecified atom stereocenters. The number of amides is 1. The van der Waals surface area contributed by atoms with Gasteiger partial charge in [0.15, 0.2) is 0 Å². The van der Waals surface area contributed by atoms with E-state index >= 15 is 0 Å². The summed E-state index contributed by atoms with van der Waals surface area (Å²) in [5, 5.41) is 5.28. The van der Waals surface area contributed by atoms with Gasteiger partial charge in [-0.3, -0.25) is 4.79 Å². The highest BCUT2D eigenvalue weighted by molar-refractivity contribution is 5.94. The molecule has 5 rings (SSSR count). The normalized spacial score (nSPS) is 14.9. The van der Waals surface area contributed by atoms with Crippen LogP contribution in [-0.4, -0.2) is 38.6 Å². The fraction of sp³-hybridized carbons (Fsp3) is 0.346. The highest BCUT2D eigenvalue weighted by atomic mass is 16.5. The molecular weight excluding hydrogens is 400 g/mol. The molecular formula is C26H28N4O2. The third-order valence-corrected chi connectivity index (χ3v) is 6.65. The molecule has 1 saturated heterocycles. The summed E-state index contributed by atoms with van der Waals surface area (Å²) in [5.41, 5.74) is 6.05. The minimum Gasteiger partial charge on any atom is -0.361 e. The Labute approximate surface area is 187 Å². The molecule has 1 aromatic carbocycles. The van der Waals surface area contributed by atoms with Crippen LogP contribution in [0.25, 0.3) is 22.2 Å². The number of fused-ring (bicyclic) bond motifs is 1. The van der Waals surface area contributed by atoms with Gasteiger partial charge < -0.3 is 14.0 Å². The highest BCUT2D eigenvalue weighted by Gasteiger charge is 2.25. The molecule has 1 amide bonds. The minimum absolute atomic E-state index is 0.141. The lowest BCUT2D eigenvalue weighted by Gasteiger charge is -2.32. The number of carbonyl (C=O) groups is 1. The molecule has 32 heavy (non-hydrogen) atoms. The first-order valence-electron chi connectivity index (χ1n) is 11.2. The zero-order valence-corrected chi connectivity index (χ0v) is 18.8. The second-order valence-electron chi connectivity index (χ2n) is 8.87. The molecule has 1 aliphatic heterocycles. The first-order chi connectivity index (χ1) is 15.5. The van der Waals surface area contributed by atoms with Crippen molar-refractivity contribution in [2.45, 2.75) is 33.1 Å². The van der Waals surface area contributed by atoms with Gasteiger partial charge in [-0.05, 0) is 62.8 Å². The lowest BCUT2D eigenvalue weighted by Crippen LogP contribution is -2.38. The predicted octanol–water partition coefficient (Wildman–Crippen LogP) is 4.94. The number of hydrogen-bond acceptors (Lipinski definition) is 4. The quantitative estimate of drug-likeness (QED) is 0.462. The van der Waals surface area contributed by atoms with Crippen LogP contribution in [0.2, 0.25) is 0 Å². The largest absolute Gasteiger partial charge is 0.361 e. The van der Waals surface area contributed by atoms with E-state index in [1.54, 1.807) is 0 Å². The summed E-state index contributed by atoms with van der Waals surface area (Å²) in [6.45, 7) is 5.53. The average Bonchev–Trinajstić information content (AvgIpc) is 3.32. The molecule has 6 nitrogen and oxygen atoms in total. The summed E-state index contributed by atoms with van der Waals surface area (Å²) < 4.78 is 7.47. The van der Waals surface area contributed by atoms with Crippen molar-refractivity contribution in [1.29, 1.82) is 0 Å². The lowest BCUT2D eigenvalue weighted by molar-refractivity contribution is 0.0690. The zero-order chi connectivity index (χ0) is 22.2. The first kappa shape index (κ1) is 20.5. The zero-order valence-electron chi connectivity index (χ0n) is 18.8. The van der Waals surface area contributed by atoms with Gasteiger partial charge in [-0.2, -0.15) is 0 Å². The van der Waals surface area contributed by atoms with Gasteiger partial charge in [-0.15, -0.1) is 0 Å². The van der Waals surface area contributed by atoms with E-state index in [9.17, 15) is 4.79 Å². The van der Waals surface area contributed by atoms with Crippen molar-refractivity contribution < 1.29 is 9.32 Å². The van der Waals surface area contributed by atoms with Gasteiger partial charge in [-0.1, -0.05) is 23.4 Å². The number of aryl methyl sites for hydroxylation is 3. The van der Waals surface area contributed by atoms with Gasteiger partial charge in [0.2, 0.25) is 0 Å². The number of hydrogen-bond donors (Lipinski definition) is 0. The maximum atomic E-state index is 12.7. The van der Waals surface area contributed by atoms with E-state index in [4.69, 9.17) is 9.51 Å². The summed E-state index contributed by atoms with van der Waals surface area (Å²) in [6, 6.07) is 11.8. The maximum Gasteiger partial charge on any atom is 0.253 e. The fourth-order valence-corrected chi connectivity index (χ4v) is 4.95. The molecule has 1 aliphatic rings. The maximum absolute atomic E-state index is 12.7. The Morgan fingerprint density at radius 1 is 1.16 bits per heavy atom. The van der Waals surface area contributed by atoms with Gasteiger partial charge in [0.1, 0.15) is 11.4 Å². The van der Waals surface area contributed by atoms with Gasteiger partial charge in [0.05, 0.1) is 5.69 Å².